The second kappa shape index (κ2) is 9.19. The molecule has 10 heteroatoms. The van der Waals surface area contributed by atoms with Gasteiger partial charge in [-0.1, -0.05) is 0 Å². The number of aryl methyl sites for hydroxylation is 2. The van der Waals surface area contributed by atoms with Crippen molar-refractivity contribution in [2.75, 3.05) is 13.7 Å². The topological polar surface area (TPSA) is 129 Å². The van der Waals surface area contributed by atoms with Gasteiger partial charge in [0.05, 0.1) is 25.1 Å². The number of carbonyl (C=O) groups is 1. The molecule has 154 valence electrons. The van der Waals surface area contributed by atoms with E-state index in [1.807, 2.05) is 19.9 Å². The van der Waals surface area contributed by atoms with Gasteiger partial charge < -0.3 is 14.5 Å². The Kier molecular flexibility index (Phi) is 6.44. The Morgan fingerprint density at radius 3 is 2.93 bits per heavy atom. The first-order chi connectivity index (χ1) is 14.4. The predicted molar refractivity (Wildman–Crippen MR) is 113 cm³/mol. The first kappa shape index (κ1) is 21.0. The first-order valence-electron chi connectivity index (χ1n) is 8.91. The molecule has 2 heterocycles. The number of fused-ring (bicyclic) bond motifs is 1. The number of nitrogens with one attached hydrogen (secondary N) is 2. The molecule has 0 bridgehead atoms. The fourth-order valence-electron chi connectivity index (χ4n) is 2.75. The van der Waals surface area contributed by atoms with Gasteiger partial charge in [-0.2, -0.15) is 10.4 Å². The smallest absolute Gasteiger partial charge is 0.259 e. The number of methoxy groups -OCH3 is 1. The van der Waals surface area contributed by atoms with E-state index in [0.29, 0.717) is 27.3 Å². The number of carbonyl (C=O) groups excluding carboxylic acids is 1. The van der Waals surface area contributed by atoms with Crippen molar-refractivity contribution in [3.63, 3.8) is 0 Å². The number of thiophene rings is 1. The standard InChI is InChI=1S/C20H19N5O4S/c1-11-12(2)30-20-18(11)19(27)23-16(24-20)9-17(26)25-22-10-13-4-5-14(29-7-6-21)15(8-13)28-3/h4-5,8,10H,7,9H2,1-3H3,(H,25,26)(H,23,24,27)/b22-10+. The quantitative estimate of drug-likeness (QED) is 0.441. The number of rotatable bonds is 7. The van der Waals surface area contributed by atoms with Crippen LogP contribution in [0.4, 0.5) is 0 Å². The van der Waals surface area contributed by atoms with E-state index in [2.05, 4.69) is 20.5 Å². The second-order valence-corrected chi connectivity index (χ2v) is 7.51. The van der Waals surface area contributed by atoms with Crippen LogP contribution in [0.1, 0.15) is 21.8 Å². The van der Waals surface area contributed by atoms with Gasteiger partial charge in [0.1, 0.15) is 16.7 Å². The maximum atomic E-state index is 12.3. The third-order valence-electron chi connectivity index (χ3n) is 4.30. The summed E-state index contributed by atoms with van der Waals surface area (Å²) < 4.78 is 10.5. The molecule has 2 N–H and O–H groups in total. The van der Waals surface area contributed by atoms with Crippen LogP contribution in [0.3, 0.4) is 0 Å². The van der Waals surface area contributed by atoms with E-state index in [1.165, 1.54) is 24.7 Å². The Hall–Kier alpha value is -3.71. The Morgan fingerprint density at radius 2 is 2.20 bits per heavy atom. The molecule has 0 aliphatic rings. The summed E-state index contributed by atoms with van der Waals surface area (Å²) in [7, 11) is 1.48. The number of aromatic amines is 1. The van der Waals surface area contributed by atoms with Crippen LogP contribution in [-0.4, -0.2) is 35.8 Å². The Bertz CT molecular complexity index is 1220. The van der Waals surface area contributed by atoms with E-state index in [9.17, 15) is 9.59 Å². The number of nitriles is 1. The fourth-order valence-corrected chi connectivity index (χ4v) is 3.80. The molecule has 0 unspecified atom stereocenters. The van der Waals surface area contributed by atoms with Crippen molar-refractivity contribution in [1.82, 2.24) is 15.4 Å². The number of hydrogen-bond donors (Lipinski definition) is 2. The zero-order chi connectivity index (χ0) is 21.7. The molecule has 30 heavy (non-hydrogen) atoms. The van der Waals surface area contributed by atoms with Gasteiger partial charge in [-0.3, -0.25) is 9.59 Å². The molecule has 1 aromatic carbocycles. The Labute approximate surface area is 176 Å². The summed E-state index contributed by atoms with van der Waals surface area (Å²) in [6.45, 7) is 3.72. The van der Waals surface area contributed by atoms with Gasteiger partial charge in [-0.15, -0.1) is 11.3 Å². The second-order valence-electron chi connectivity index (χ2n) is 6.30. The van der Waals surface area contributed by atoms with E-state index in [1.54, 1.807) is 18.2 Å². The first-order valence-corrected chi connectivity index (χ1v) is 9.73. The van der Waals surface area contributed by atoms with E-state index >= 15 is 0 Å². The van der Waals surface area contributed by atoms with Crippen molar-refractivity contribution in [3.8, 4) is 17.6 Å². The Morgan fingerprint density at radius 1 is 1.40 bits per heavy atom. The van der Waals surface area contributed by atoms with Gasteiger partial charge in [-0.25, -0.2) is 10.4 Å². The molecule has 3 rings (SSSR count). The minimum absolute atomic E-state index is 0.0909. The maximum absolute atomic E-state index is 12.3. The molecule has 0 saturated heterocycles. The van der Waals surface area contributed by atoms with Crippen molar-refractivity contribution in [1.29, 1.82) is 5.26 Å². The monoisotopic (exact) mass is 425 g/mol. The van der Waals surface area contributed by atoms with Gasteiger partial charge in [0.25, 0.3) is 5.56 Å². The van der Waals surface area contributed by atoms with Crippen molar-refractivity contribution >= 4 is 33.7 Å². The summed E-state index contributed by atoms with van der Waals surface area (Å²) in [6, 6.07) is 6.91. The normalized spacial score (nSPS) is 10.9. The lowest BCUT2D eigenvalue weighted by atomic mass is 10.2. The number of H-pyrrole nitrogens is 1. The molecule has 0 fully saturated rings. The molecule has 0 radical (unpaired) electrons. The van der Waals surface area contributed by atoms with Crippen LogP contribution in [0.15, 0.2) is 28.1 Å². The van der Waals surface area contributed by atoms with E-state index < -0.39 is 5.91 Å². The number of ether oxygens (including phenoxy) is 2. The predicted octanol–water partition coefficient (Wildman–Crippen LogP) is 2.21. The molecule has 3 aromatic rings. The number of nitrogens with zero attached hydrogens (tertiary/aromatic N) is 3. The lowest BCUT2D eigenvalue weighted by Gasteiger charge is -2.08. The van der Waals surface area contributed by atoms with Crippen LogP contribution in [-0.2, 0) is 11.2 Å². The van der Waals surface area contributed by atoms with Crippen molar-refractivity contribution in [3.05, 3.63) is 50.4 Å². The highest BCUT2D eigenvalue weighted by Crippen LogP contribution is 2.27. The van der Waals surface area contributed by atoms with Gasteiger partial charge in [0.15, 0.2) is 18.1 Å². The lowest BCUT2D eigenvalue weighted by molar-refractivity contribution is -0.120. The number of hydrazone groups is 1. The highest BCUT2D eigenvalue weighted by molar-refractivity contribution is 7.18. The van der Waals surface area contributed by atoms with E-state index in [4.69, 9.17) is 14.7 Å². The zero-order valence-electron chi connectivity index (χ0n) is 16.6. The summed E-state index contributed by atoms with van der Waals surface area (Å²) in [5.74, 6) is 0.739. The number of benzene rings is 1. The van der Waals surface area contributed by atoms with Crippen molar-refractivity contribution in [2.24, 2.45) is 5.10 Å². The van der Waals surface area contributed by atoms with Crippen LogP contribution in [0.5, 0.6) is 11.5 Å². The van der Waals surface area contributed by atoms with Crippen LogP contribution in [0, 0.1) is 25.2 Å². The molecule has 2 aromatic heterocycles. The van der Waals surface area contributed by atoms with Crippen LogP contribution >= 0.6 is 11.3 Å². The number of aromatic nitrogens is 2. The minimum atomic E-state index is -0.417. The van der Waals surface area contributed by atoms with Gasteiger partial charge >= 0.3 is 0 Å². The zero-order valence-corrected chi connectivity index (χ0v) is 17.4. The summed E-state index contributed by atoms with van der Waals surface area (Å²) in [5, 5.41) is 13.1. The van der Waals surface area contributed by atoms with Gasteiger partial charge in [0, 0.05) is 4.88 Å². The van der Waals surface area contributed by atoms with Crippen molar-refractivity contribution in [2.45, 2.75) is 20.3 Å². The summed E-state index contributed by atoms with van der Waals surface area (Å²) in [5.41, 5.74) is 3.72. The molecule has 9 nitrogen and oxygen atoms in total. The SMILES string of the molecule is COc1cc(/C=N/NC(=O)Cc2nc3sc(C)c(C)c3c(=O)[nH]2)ccc1OCC#N. The van der Waals surface area contributed by atoms with Crippen LogP contribution in [0.2, 0.25) is 0 Å². The fraction of sp³-hybridized carbons (Fsp3) is 0.250. The lowest BCUT2D eigenvalue weighted by Crippen LogP contribution is -2.23. The molecule has 0 aliphatic heterocycles. The summed E-state index contributed by atoms with van der Waals surface area (Å²) >= 11 is 1.43. The van der Waals surface area contributed by atoms with Crippen molar-refractivity contribution < 1.29 is 14.3 Å². The van der Waals surface area contributed by atoms with Gasteiger partial charge in [-0.05, 0) is 43.2 Å². The number of amides is 1. The Balaban J connectivity index is 1.66. The molecule has 0 saturated carbocycles. The average Bonchev–Trinajstić information content (AvgIpc) is 3.00. The number of hydrogen-bond acceptors (Lipinski definition) is 8. The molecule has 0 atom stereocenters. The molecule has 0 spiro atoms. The molecular formula is C20H19N5O4S. The third kappa shape index (κ3) is 4.64. The average molecular weight is 425 g/mol. The van der Waals surface area contributed by atoms with E-state index in [-0.39, 0.29) is 24.4 Å². The maximum Gasteiger partial charge on any atom is 0.259 e. The van der Waals surface area contributed by atoms with Crippen LogP contribution < -0.4 is 20.5 Å². The highest BCUT2D eigenvalue weighted by Gasteiger charge is 2.13. The largest absolute Gasteiger partial charge is 0.493 e. The summed E-state index contributed by atoms with van der Waals surface area (Å²) in [4.78, 5) is 33.1. The highest BCUT2D eigenvalue weighted by atomic mass is 32.1. The van der Waals surface area contributed by atoms with Crippen LogP contribution in [0.25, 0.3) is 10.2 Å². The minimum Gasteiger partial charge on any atom is -0.493 e. The summed E-state index contributed by atoms with van der Waals surface area (Å²) in [6.07, 6.45) is 1.34. The molecule has 0 aliphatic carbocycles. The molecular weight excluding hydrogens is 406 g/mol. The van der Waals surface area contributed by atoms with E-state index in [0.717, 1.165) is 10.4 Å². The third-order valence-corrected chi connectivity index (χ3v) is 5.40. The van der Waals surface area contributed by atoms with Gasteiger partial charge in [0.2, 0.25) is 5.91 Å². The molecule has 1 amide bonds.